The number of benzodiazepines with no additional fused rings is 1. The molecule has 2 N–H and O–H groups in total. The van der Waals surface area contributed by atoms with Crippen molar-refractivity contribution in [2.24, 2.45) is 10.9 Å². The lowest BCUT2D eigenvalue weighted by Crippen LogP contribution is -2.47. The Hall–Kier alpha value is -3.67. The molecule has 1 heterocycles. The van der Waals surface area contributed by atoms with Gasteiger partial charge in [-0.05, 0) is 30.4 Å². The number of rotatable bonds is 3. The largest absolute Gasteiger partial charge is 0.321 e. The second kappa shape index (κ2) is 9.06. The van der Waals surface area contributed by atoms with Crippen molar-refractivity contribution < 1.29 is 9.59 Å². The summed E-state index contributed by atoms with van der Waals surface area (Å²) in [6.45, 7) is 0. The summed E-state index contributed by atoms with van der Waals surface area (Å²) in [6.07, 6.45) is 4.69. The summed E-state index contributed by atoms with van der Waals surface area (Å²) >= 11 is 0. The Morgan fingerprint density at radius 1 is 0.939 bits per heavy atom. The third kappa shape index (κ3) is 4.21. The molecule has 3 amide bonds. The molecule has 1 aliphatic heterocycles. The minimum Gasteiger partial charge on any atom is -0.311 e. The van der Waals surface area contributed by atoms with Crippen LogP contribution in [-0.4, -0.2) is 30.9 Å². The lowest BCUT2D eigenvalue weighted by Gasteiger charge is -2.25. The third-order valence-corrected chi connectivity index (χ3v) is 6.67. The average Bonchev–Trinajstić information content (AvgIpc) is 2.95. The van der Waals surface area contributed by atoms with Crippen molar-refractivity contribution in [2.45, 2.75) is 38.3 Å². The summed E-state index contributed by atoms with van der Waals surface area (Å²) in [4.78, 5) is 32.8. The summed E-state index contributed by atoms with van der Waals surface area (Å²) in [5.41, 5.74) is 3.45. The van der Waals surface area contributed by atoms with Crippen LogP contribution in [0, 0.1) is 5.92 Å². The fourth-order valence-electron chi connectivity index (χ4n) is 4.96. The fourth-order valence-corrected chi connectivity index (χ4v) is 4.96. The topological polar surface area (TPSA) is 73.8 Å². The maximum absolute atomic E-state index is 13.3. The number of carbonyl (C=O) groups excluding carboxylic acids is 2. The van der Waals surface area contributed by atoms with Crippen LogP contribution in [0.3, 0.4) is 0 Å². The third-order valence-electron chi connectivity index (χ3n) is 6.67. The van der Waals surface area contributed by atoms with Gasteiger partial charge in [0.05, 0.1) is 17.1 Å². The van der Waals surface area contributed by atoms with Crippen LogP contribution < -0.4 is 15.5 Å². The van der Waals surface area contributed by atoms with E-state index in [2.05, 4.69) is 10.6 Å². The molecule has 0 spiro atoms. The monoisotopic (exact) mass is 440 g/mol. The van der Waals surface area contributed by atoms with Crippen LogP contribution in [0.2, 0.25) is 0 Å². The number of anilines is 2. The molecule has 0 aromatic heterocycles. The standard InChI is InChI=1S/C27H28N4O2/c1-31-23-17-8-7-15-21(23)24(19-11-3-2-4-12-19)29-25(26(31)32)30-27(33)28-22-16-9-13-18-10-5-6-14-20(18)22/h5-10,13-17,19,25H,2-4,11-12H2,1H3,(H2,28,30,33). The normalized spacial score (nSPS) is 18.9. The fraction of sp³-hybridized carbons (Fsp3) is 0.296. The molecule has 3 aromatic carbocycles. The van der Waals surface area contributed by atoms with E-state index in [9.17, 15) is 9.59 Å². The SMILES string of the molecule is CN1C(=O)C(NC(=O)Nc2cccc3ccccc23)N=C(C2CCCCC2)c2ccccc21. The number of nitrogens with zero attached hydrogens (tertiary/aromatic N) is 2. The van der Waals surface area contributed by atoms with Crippen LogP contribution in [0.15, 0.2) is 71.7 Å². The Kier molecular flexibility index (Phi) is 5.82. The van der Waals surface area contributed by atoms with Crippen molar-refractivity contribution in [3.63, 3.8) is 0 Å². The second-order valence-corrected chi connectivity index (χ2v) is 8.79. The number of carbonyl (C=O) groups is 2. The van der Waals surface area contributed by atoms with E-state index < -0.39 is 12.2 Å². The Bertz CT molecular complexity index is 1220. The van der Waals surface area contributed by atoms with Crippen molar-refractivity contribution in [3.05, 3.63) is 72.3 Å². The molecule has 1 saturated carbocycles. The maximum Gasteiger partial charge on any atom is 0.321 e. The van der Waals surface area contributed by atoms with Gasteiger partial charge in [-0.2, -0.15) is 0 Å². The minimum absolute atomic E-state index is 0.249. The highest BCUT2D eigenvalue weighted by atomic mass is 16.2. The van der Waals surface area contributed by atoms with Gasteiger partial charge >= 0.3 is 6.03 Å². The highest BCUT2D eigenvalue weighted by Crippen LogP contribution is 2.33. The lowest BCUT2D eigenvalue weighted by atomic mass is 9.83. The first-order chi connectivity index (χ1) is 16.1. The van der Waals surface area contributed by atoms with Crippen molar-refractivity contribution >= 4 is 39.8 Å². The number of nitrogens with one attached hydrogen (secondary N) is 2. The van der Waals surface area contributed by atoms with Crippen LogP contribution in [0.4, 0.5) is 16.2 Å². The molecule has 1 fully saturated rings. The summed E-state index contributed by atoms with van der Waals surface area (Å²) in [6, 6.07) is 21.1. The van der Waals surface area contributed by atoms with Crippen LogP contribution in [0.25, 0.3) is 10.8 Å². The number of fused-ring (bicyclic) bond motifs is 2. The Morgan fingerprint density at radius 3 is 2.52 bits per heavy atom. The van der Waals surface area contributed by atoms with Gasteiger partial charge in [0.15, 0.2) is 0 Å². The quantitative estimate of drug-likeness (QED) is 0.577. The van der Waals surface area contributed by atoms with E-state index in [1.54, 1.807) is 11.9 Å². The van der Waals surface area contributed by atoms with E-state index in [-0.39, 0.29) is 5.91 Å². The molecule has 1 unspecified atom stereocenters. The van der Waals surface area contributed by atoms with Gasteiger partial charge in [0.2, 0.25) is 6.17 Å². The molecular formula is C27H28N4O2. The van der Waals surface area contributed by atoms with Gasteiger partial charge in [-0.15, -0.1) is 0 Å². The van der Waals surface area contributed by atoms with Crippen LogP contribution in [0.5, 0.6) is 0 Å². The Labute approximate surface area is 193 Å². The maximum atomic E-state index is 13.3. The zero-order valence-corrected chi connectivity index (χ0v) is 18.8. The molecule has 1 aliphatic carbocycles. The van der Waals surface area contributed by atoms with E-state index in [0.29, 0.717) is 11.6 Å². The number of urea groups is 1. The zero-order chi connectivity index (χ0) is 22.8. The van der Waals surface area contributed by atoms with Gasteiger partial charge in [0.25, 0.3) is 5.91 Å². The summed E-state index contributed by atoms with van der Waals surface area (Å²) in [5, 5.41) is 7.72. The van der Waals surface area contributed by atoms with Crippen LogP contribution >= 0.6 is 0 Å². The van der Waals surface area contributed by atoms with Crippen molar-refractivity contribution in [1.29, 1.82) is 0 Å². The predicted octanol–water partition coefficient (Wildman–Crippen LogP) is 5.33. The van der Waals surface area contributed by atoms with Gasteiger partial charge in [-0.1, -0.05) is 73.9 Å². The Balaban J connectivity index is 1.45. The molecular weight excluding hydrogens is 412 g/mol. The molecule has 33 heavy (non-hydrogen) atoms. The lowest BCUT2D eigenvalue weighted by molar-refractivity contribution is -0.119. The van der Waals surface area contributed by atoms with Gasteiger partial charge in [-0.25, -0.2) is 4.79 Å². The average molecular weight is 441 g/mol. The highest BCUT2D eigenvalue weighted by Gasteiger charge is 2.33. The number of amides is 3. The molecule has 0 saturated heterocycles. The molecule has 6 heteroatoms. The molecule has 168 valence electrons. The molecule has 0 bridgehead atoms. The summed E-state index contributed by atoms with van der Waals surface area (Å²) in [7, 11) is 1.75. The minimum atomic E-state index is -0.977. The zero-order valence-electron chi connectivity index (χ0n) is 18.8. The predicted molar refractivity (Wildman–Crippen MR) is 133 cm³/mol. The summed E-state index contributed by atoms with van der Waals surface area (Å²) < 4.78 is 0. The number of benzene rings is 3. The van der Waals surface area contributed by atoms with Crippen molar-refractivity contribution in [1.82, 2.24) is 5.32 Å². The first-order valence-corrected chi connectivity index (χ1v) is 11.6. The van der Waals surface area contributed by atoms with E-state index >= 15 is 0 Å². The number of aliphatic imine (C=N–C) groups is 1. The van der Waals surface area contributed by atoms with Gasteiger partial charge < -0.3 is 15.5 Å². The number of para-hydroxylation sites is 1. The van der Waals surface area contributed by atoms with E-state index in [1.807, 2.05) is 66.7 Å². The number of hydrogen-bond acceptors (Lipinski definition) is 3. The number of hydrogen-bond donors (Lipinski definition) is 2. The molecule has 3 aromatic rings. The van der Waals surface area contributed by atoms with Crippen LogP contribution in [0.1, 0.15) is 37.7 Å². The smallest absolute Gasteiger partial charge is 0.311 e. The van der Waals surface area contributed by atoms with E-state index in [1.165, 1.54) is 6.42 Å². The number of likely N-dealkylation sites (N-methyl/N-ethyl adjacent to an activating group) is 1. The van der Waals surface area contributed by atoms with Crippen molar-refractivity contribution in [2.75, 3.05) is 17.3 Å². The van der Waals surface area contributed by atoms with Crippen molar-refractivity contribution in [3.8, 4) is 0 Å². The van der Waals surface area contributed by atoms with Gasteiger partial charge in [0.1, 0.15) is 0 Å². The van der Waals surface area contributed by atoms with E-state index in [0.717, 1.165) is 53.4 Å². The Morgan fingerprint density at radius 2 is 1.67 bits per heavy atom. The summed E-state index contributed by atoms with van der Waals surface area (Å²) in [5.74, 6) is 0.0472. The molecule has 6 nitrogen and oxygen atoms in total. The van der Waals surface area contributed by atoms with Crippen LogP contribution in [-0.2, 0) is 4.79 Å². The molecule has 0 radical (unpaired) electrons. The first kappa shape index (κ1) is 21.2. The van der Waals surface area contributed by atoms with E-state index in [4.69, 9.17) is 4.99 Å². The van der Waals surface area contributed by atoms with Gasteiger partial charge in [0, 0.05) is 23.9 Å². The molecule has 5 rings (SSSR count). The van der Waals surface area contributed by atoms with Gasteiger partial charge in [-0.3, -0.25) is 9.79 Å². The highest BCUT2D eigenvalue weighted by molar-refractivity contribution is 6.14. The first-order valence-electron chi connectivity index (χ1n) is 11.6. The molecule has 1 atom stereocenters. The second-order valence-electron chi connectivity index (χ2n) is 8.79. The molecule has 2 aliphatic rings.